The average Bonchev–Trinajstić information content (AvgIpc) is 2.66. The molecule has 2 bridgehead atoms. The summed E-state index contributed by atoms with van der Waals surface area (Å²) >= 11 is 0. The summed E-state index contributed by atoms with van der Waals surface area (Å²) in [6.07, 6.45) is 2.67. The standard InChI is InChI=1S/C8H13NO2.ClH/c1-9-5-2-4(10)3-6(9)8-7(5)11-8;/h4-8,10H,2-3H2,1H3;1H/t4?,5-,6-,7-,8+;/m0./s1. The summed E-state index contributed by atoms with van der Waals surface area (Å²) in [7, 11) is 2.15. The van der Waals surface area contributed by atoms with Crippen LogP contribution in [0.25, 0.3) is 0 Å². The zero-order valence-corrected chi connectivity index (χ0v) is 7.83. The van der Waals surface area contributed by atoms with Crippen molar-refractivity contribution in [1.29, 1.82) is 0 Å². The van der Waals surface area contributed by atoms with Crippen LogP contribution in [0.4, 0.5) is 0 Å². The number of morpholine rings is 1. The van der Waals surface area contributed by atoms with Crippen LogP contribution in [0.5, 0.6) is 0 Å². The molecule has 0 spiro atoms. The van der Waals surface area contributed by atoms with Gasteiger partial charge in [0.1, 0.15) is 12.2 Å². The molecule has 3 heterocycles. The highest BCUT2D eigenvalue weighted by molar-refractivity contribution is 5.85. The third-order valence-electron chi connectivity index (χ3n) is 3.39. The third-order valence-corrected chi connectivity index (χ3v) is 3.39. The number of aliphatic hydroxyl groups is 1. The second-order valence-corrected chi connectivity index (χ2v) is 3.99. The largest absolute Gasteiger partial charge is 0.393 e. The van der Waals surface area contributed by atoms with Gasteiger partial charge in [-0.3, -0.25) is 4.90 Å². The van der Waals surface area contributed by atoms with Crippen molar-refractivity contribution in [3.63, 3.8) is 0 Å². The maximum absolute atomic E-state index is 9.46. The fraction of sp³-hybridized carbons (Fsp3) is 1.00. The van der Waals surface area contributed by atoms with Gasteiger partial charge in [0.15, 0.2) is 0 Å². The second-order valence-electron chi connectivity index (χ2n) is 3.99. The zero-order chi connectivity index (χ0) is 7.59. The Kier molecular flexibility index (Phi) is 1.88. The van der Waals surface area contributed by atoms with Gasteiger partial charge < -0.3 is 9.84 Å². The highest BCUT2D eigenvalue weighted by Gasteiger charge is 2.62. The fourth-order valence-electron chi connectivity index (χ4n) is 2.72. The predicted molar refractivity (Wildman–Crippen MR) is 46.5 cm³/mol. The molecule has 0 radical (unpaired) electrons. The van der Waals surface area contributed by atoms with Crippen LogP contribution in [-0.2, 0) is 4.74 Å². The van der Waals surface area contributed by atoms with Gasteiger partial charge >= 0.3 is 0 Å². The lowest BCUT2D eigenvalue weighted by Crippen LogP contribution is -2.46. The Morgan fingerprint density at radius 2 is 1.75 bits per heavy atom. The van der Waals surface area contributed by atoms with Gasteiger partial charge in [0.25, 0.3) is 0 Å². The van der Waals surface area contributed by atoms with Crippen molar-refractivity contribution >= 4 is 12.4 Å². The summed E-state index contributed by atoms with van der Waals surface area (Å²) in [5.74, 6) is 0. The van der Waals surface area contributed by atoms with Crippen molar-refractivity contribution in [3.8, 4) is 0 Å². The number of fused-ring (bicyclic) bond motifs is 5. The second kappa shape index (κ2) is 2.58. The first-order valence-electron chi connectivity index (χ1n) is 4.33. The molecule has 70 valence electrons. The lowest BCUT2D eigenvalue weighted by molar-refractivity contribution is 0.00149. The number of epoxide rings is 1. The quantitative estimate of drug-likeness (QED) is 0.549. The summed E-state index contributed by atoms with van der Waals surface area (Å²) in [5.41, 5.74) is 0. The molecule has 0 aromatic rings. The molecule has 3 rings (SSSR count). The molecule has 3 saturated heterocycles. The Morgan fingerprint density at radius 1 is 1.25 bits per heavy atom. The summed E-state index contributed by atoms with van der Waals surface area (Å²) < 4.78 is 5.49. The third kappa shape index (κ3) is 0.940. The lowest BCUT2D eigenvalue weighted by Gasteiger charge is -2.36. The van der Waals surface area contributed by atoms with E-state index in [4.69, 9.17) is 4.74 Å². The topological polar surface area (TPSA) is 36.0 Å². The lowest BCUT2D eigenvalue weighted by atomic mass is 10.00. The number of piperidine rings is 1. The van der Waals surface area contributed by atoms with Crippen molar-refractivity contribution in [3.05, 3.63) is 0 Å². The van der Waals surface area contributed by atoms with Crippen LogP contribution < -0.4 is 0 Å². The molecule has 0 aliphatic carbocycles. The first kappa shape index (κ1) is 8.75. The number of likely N-dealkylation sites (N-methyl/N-ethyl adjacent to an activating group) is 1. The van der Waals surface area contributed by atoms with Crippen LogP contribution >= 0.6 is 12.4 Å². The molecule has 0 saturated carbocycles. The Morgan fingerprint density at radius 3 is 2.25 bits per heavy atom. The maximum Gasteiger partial charge on any atom is 0.101 e. The maximum atomic E-state index is 9.46. The van der Waals surface area contributed by atoms with Gasteiger partial charge in [-0.05, 0) is 19.9 Å². The van der Waals surface area contributed by atoms with Crippen LogP contribution in [0.1, 0.15) is 12.8 Å². The molecule has 0 aromatic carbocycles. The molecule has 3 fully saturated rings. The van der Waals surface area contributed by atoms with E-state index in [0.717, 1.165) is 12.8 Å². The Labute approximate surface area is 78.1 Å². The molecular formula is C8H14ClNO2. The molecule has 12 heavy (non-hydrogen) atoms. The number of nitrogens with zero attached hydrogens (tertiary/aromatic N) is 1. The summed E-state index contributed by atoms with van der Waals surface area (Å²) in [6, 6.07) is 1.02. The Bertz CT molecular complexity index is 183. The van der Waals surface area contributed by atoms with Crippen LogP contribution in [-0.4, -0.2) is 47.4 Å². The molecule has 1 N–H and O–H groups in total. The molecule has 3 nitrogen and oxygen atoms in total. The van der Waals surface area contributed by atoms with E-state index in [1.54, 1.807) is 0 Å². The Balaban J connectivity index is 0.000000563. The van der Waals surface area contributed by atoms with Crippen LogP contribution in [0.15, 0.2) is 0 Å². The summed E-state index contributed by atoms with van der Waals surface area (Å²) in [4.78, 5) is 2.38. The van der Waals surface area contributed by atoms with E-state index in [-0.39, 0.29) is 18.5 Å². The molecule has 3 aliphatic heterocycles. The highest BCUT2D eigenvalue weighted by atomic mass is 35.5. The van der Waals surface area contributed by atoms with E-state index in [1.807, 2.05) is 0 Å². The van der Waals surface area contributed by atoms with Crippen LogP contribution in [0.3, 0.4) is 0 Å². The molecular weight excluding hydrogens is 178 g/mol. The monoisotopic (exact) mass is 191 g/mol. The van der Waals surface area contributed by atoms with Crippen LogP contribution in [0, 0.1) is 0 Å². The number of halogens is 1. The van der Waals surface area contributed by atoms with E-state index in [2.05, 4.69) is 11.9 Å². The van der Waals surface area contributed by atoms with Gasteiger partial charge in [0.2, 0.25) is 0 Å². The predicted octanol–water partition coefficient (Wildman–Crippen LogP) is 0.0129. The van der Waals surface area contributed by atoms with E-state index in [9.17, 15) is 5.11 Å². The number of ether oxygens (including phenoxy) is 1. The SMILES string of the molecule is CN1[C@H]2CC(O)C[C@H]1[C@H]1O[C@H]12.Cl. The van der Waals surface area contributed by atoms with Gasteiger partial charge in [0, 0.05) is 12.1 Å². The zero-order valence-electron chi connectivity index (χ0n) is 7.01. The number of aliphatic hydroxyl groups excluding tert-OH is 1. The first-order chi connectivity index (χ1) is 5.27. The van der Waals surface area contributed by atoms with Gasteiger partial charge in [-0.1, -0.05) is 0 Å². The van der Waals surface area contributed by atoms with Crippen molar-refractivity contribution in [2.75, 3.05) is 7.05 Å². The van der Waals surface area contributed by atoms with Crippen LogP contribution in [0.2, 0.25) is 0 Å². The molecule has 0 aromatic heterocycles. The fourth-order valence-corrected chi connectivity index (χ4v) is 2.72. The van der Waals surface area contributed by atoms with E-state index in [0.29, 0.717) is 24.3 Å². The minimum Gasteiger partial charge on any atom is -0.393 e. The van der Waals surface area contributed by atoms with Crippen molar-refractivity contribution < 1.29 is 9.84 Å². The minimum absolute atomic E-state index is 0. The van der Waals surface area contributed by atoms with Gasteiger partial charge in [-0.2, -0.15) is 0 Å². The van der Waals surface area contributed by atoms with Crippen molar-refractivity contribution in [1.82, 2.24) is 4.90 Å². The van der Waals surface area contributed by atoms with Gasteiger partial charge in [-0.15, -0.1) is 12.4 Å². The Hall–Kier alpha value is 0.170. The smallest absolute Gasteiger partial charge is 0.101 e. The van der Waals surface area contributed by atoms with E-state index < -0.39 is 0 Å². The summed E-state index contributed by atoms with van der Waals surface area (Å²) in [5, 5.41) is 9.46. The molecule has 4 heteroatoms. The van der Waals surface area contributed by atoms with Gasteiger partial charge in [-0.25, -0.2) is 0 Å². The van der Waals surface area contributed by atoms with E-state index >= 15 is 0 Å². The molecule has 0 amide bonds. The minimum atomic E-state index is -0.0717. The summed E-state index contributed by atoms with van der Waals surface area (Å²) in [6.45, 7) is 0. The van der Waals surface area contributed by atoms with Gasteiger partial charge in [0.05, 0.1) is 6.10 Å². The molecule has 3 aliphatic rings. The average molecular weight is 192 g/mol. The van der Waals surface area contributed by atoms with E-state index in [1.165, 1.54) is 0 Å². The van der Waals surface area contributed by atoms with Crippen molar-refractivity contribution in [2.24, 2.45) is 0 Å². The number of hydrogen-bond donors (Lipinski definition) is 1. The number of rotatable bonds is 0. The molecule has 1 unspecified atom stereocenters. The normalized spacial score (nSPS) is 56.0. The first-order valence-corrected chi connectivity index (χ1v) is 4.33. The highest BCUT2D eigenvalue weighted by Crippen LogP contribution is 2.47. The number of hydrogen-bond acceptors (Lipinski definition) is 3. The van der Waals surface area contributed by atoms with Crippen molar-refractivity contribution in [2.45, 2.75) is 43.2 Å². The molecule has 5 atom stereocenters.